The minimum atomic E-state index is -0.671. The van der Waals surface area contributed by atoms with Gasteiger partial charge in [0.2, 0.25) is 5.91 Å². The Bertz CT molecular complexity index is 1260. The van der Waals surface area contributed by atoms with Gasteiger partial charge in [0.1, 0.15) is 16.8 Å². The third-order valence-electron chi connectivity index (χ3n) is 5.63. The number of amides is 2. The Morgan fingerprint density at radius 2 is 1.91 bits per heavy atom. The van der Waals surface area contributed by atoms with Crippen LogP contribution in [-0.2, 0) is 14.3 Å². The average Bonchev–Trinajstić information content (AvgIpc) is 3.52. The number of ether oxygens (including phenoxy) is 1. The van der Waals surface area contributed by atoms with Crippen LogP contribution in [0.25, 0.3) is 0 Å². The predicted molar refractivity (Wildman–Crippen MR) is 129 cm³/mol. The topological polar surface area (TPSA) is 101 Å². The summed E-state index contributed by atoms with van der Waals surface area (Å²) in [4.78, 5) is 38.3. The molecular formula is C25H25N3O5S. The zero-order valence-corrected chi connectivity index (χ0v) is 20.2. The number of carbonyl (C=O) groups is 3. The first-order chi connectivity index (χ1) is 16.2. The van der Waals surface area contributed by atoms with Crippen molar-refractivity contribution < 1.29 is 23.5 Å². The van der Waals surface area contributed by atoms with Crippen molar-refractivity contribution in [3.63, 3.8) is 0 Å². The zero-order valence-electron chi connectivity index (χ0n) is 19.4. The van der Waals surface area contributed by atoms with Gasteiger partial charge in [-0.1, -0.05) is 29.8 Å². The molecule has 0 bridgehead atoms. The number of anilines is 1. The van der Waals surface area contributed by atoms with Crippen LogP contribution in [0.5, 0.6) is 0 Å². The molecule has 1 aliphatic rings. The smallest absolute Gasteiger partial charge is 0.341 e. The van der Waals surface area contributed by atoms with E-state index < -0.39 is 24.5 Å². The number of hydrogen-bond acceptors (Lipinski definition) is 7. The van der Waals surface area contributed by atoms with Gasteiger partial charge >= 0.3 is 5.97 Å². The van der Waals surface area contributed by atoms with Crippen LogP contribution in [0.2, 0.25) is 0 Å². The van der Waals surface area contributed by atoms with E-state index in [2.05, 4.69) is 10.4 Å². The van der Waals surface area contributed by atoms with Crippen molar-refractivity contribution in [1.82, 2.24) is 5.01 Å². The number of nitrogens with one attached hydrogen (secondary N) is 1. The number of hydrogen-bond donors (Lipinski definition) is 1. The molecule has 176 valence electrons. The van der Waals surface area contributed by atoms with E-state index in [4.69, 9.17) is 9.15 Å². The fourth-order valence-electron chi connectivity index (χ4n) is 3.75. The van der Waals surface area contributed by atoms with E-state index >= 15 is 0 Å². The fourth-order valence-corrected chi connectivity index (χ4v) is 4.84. The first kappa shape index (κ1) is 23.4. The Kier molecular flexibility index (Phi) is 6.65. The molecule has 4 rings (SSSR count). The maximum absolute atomic E-state index is 13.1. The molecule has 1 N–H and O–H groups in total. The molecule has 1 aromatic carbocycles. The summed E-state index contributed by atoms with van der Waals surface area (Å²) in [5, 5.41) is 8.94. The lowest BCUT2D eigenvalue weighted by Gasteiger charge is -2.19. The van der Waals surface area contributed by atoms with Crippen molar-refractivity contribution in [2.24, 2.45) is 5.10 Å². The van der Waals surface area contributed by atoms with Gasteiger partial charge in [-0.25, -0.2) is 9.80 Å². The first-order valence-corrected chi connectivity index (χ1v) is 11.6. The van der Waals surface area contributed by atoms with Crippen LogP contribution in [0, 0.1) is 20.8 Å². The molecule has 1 unspecified atom stereocenters. The number of benzene rings is 1. The molecule has 9 heteroatoms. The van der Waals surface area contributed by atoms with E-state index in [-0.39, 0.29) is 11.5 Å². The van der Waals surface area contributed by atoms with Crippen molar-refractivity contribution in [2.75, 3.05) is 11.9 Å². The van der Waals surface area contributed by atoms with E-state index in [1.54, 1.807) is 25.3 Å². The van der Waals surface area contributed by atoms with Gasteiger partial charge in [0.05, 0.1) is 17.5 Å². The molecule has 0 spiro atoms. The van der Waals surface area contributed by atoms with Crippen molar-refractivity contribution in [3.05, 3.63) is 75.6 Å². The Morgan fingerprint density at radius 3 is 2.56 bits per heavy atom. The first-order valence-electron chi connectivity index (χ1n) is 10.8. The lowest BCUT2D eigenvalue weighted by atomic mass is 10.0. The monoisotopic (exact) mass is 479 g/mol. The van der Waals surface area contributed by atoms with Gasteiger partial charge in [-0.15, -0.1) is 11.3 Å². The number of furan rings is 1. The maximum atomic E-state index is 13.1. The molecular weight excluding hydrogens is 454 g/mol. The van der Waals surface area contributed by atoms with Crippen molar-refractivity contribution in [1.29, 1.82) is 0 Å². The van der Waals surface area contributed by atoms with Crippen LogP contribution in [0.15, 0.2) is 52.2 Å². The number of nitrogens with zero attached hydrogens (tertiary/aromatic N) is 2. The summed E-state index contributed by atoms with van der Waals surface area (Å²) in [6.07, 6.45) is 2.03. The van der Waals surface area contributed by atoms with E-state index in [0.29, 0.717) is 22.7 Å². The molecule has 8 nitrogen and oxygen atoms in total. The summed E-state index contributed by atoms with van der Waals surface area (Å²) >= 11 is 1.29. The molecule has 1 atom stereocenters. The van der Waals surface area contributed by atoms with Crippen LogP contribution in [-0.4, -0.2) is 35.1 Å². The molecule has 34 heavy (non-hydrogen) atoms. The third-order valence-corrected chi connectivity index (χ3v) is 6.75. The van der Waals surface area contributed by atoms with Gasteiger partial charge in [0.15, 0.2) is 6.61 Å². The van der Waals surface area contributed by atoms with Gasteiger partial charge in [-0.05, 0) is 44.0 Å². The second-order valence-corrected chi connectivity index (χ2v) is 9.36. The van der Waals surface area contributed by atoms with Gasteiger partial charge in [0, 0.05) is 18.2 Å². The highest BCUT2D eigenvalue weighted by Gasteiger charge is 2.35. The molecule has 0 fully saturated rings. The van der Waals surface area contributed by atoms with Crippen molar-refractivity contribution in [3.8, 4) is 0 Å². The van der Waals surface area contributed by atoms with E-state index in [0.717, 1.165) is 21.7 Å². The zero-order chi connectivity index (χ0) is 24.4. The molecule has 0 saturated carbocycles. The number of rotatable bonds is 6. The minimum Gasteiger partial charge on any atom is -0.467 e. The highest BCUT2D eigenvalue weighted by Crippen LogP contribution is 2.34. The Balaban J connectivity index is 1.53. The van der Waals surface area contributed by atoms with Crippen LogP contribution < -0.4 is 5.32 Å². The molecule has 0 saturated heterocycles. The molecule has 3 aromatic rings. The highest BCUT2D eigenvalue weighted by atomic mass is 32.1. The molecule has 0 radical (unpaired) electrons. The lowest BCUT2D eigenvalue weighted by molar-refractivity contribution is -0.136. The van der Waals surface area contributed by atoms with E-state index in [1.807, 2.05) is 38.1 Å². The third kappa shape index (κ3) is 4.79. The second-order valence-electron chi connectivity index (χ2n) is 8.13. The average molecular weight is 480 g/mol. The standard InChI is InChI=1S/C25H25N3O5S/c1-14-7-9-18(10-8-14)19-12-20(21-6-5-11-32-21)28(27-19)22(30)13-33-25(31)23-15(2)16(3)34-24(23)26-17(4)29/h5-11,20H,12-13H2,1-4H3,(H,26,29). The lowest BCUT2D eigenvalue weighted by Crippen LogP contribution is -2.31. The Morgan fingerprint density at radius 1 is 1.18 bits per heavy atom. The fraction of sp³-hybridized carbons (Fsp3) is 0.280. The van der Waals surface area contributed by atoms with Crippen LogP contribution in [0.3, 0.4) is 0 Å². The molecule has 1 aliphatic heterocycles. The molecule has 2 aromatic heterocycles. The minimum absolute atomic E-state index is 0.262. The van der Waals surface area contributed by atoms with E-state index in [1.165, 1.54) is 23.3 Å². The van der Waals surface area contributed by atoms with Gasteiger partial charge in [-0.2, -0.15) is 5.10 Å². The highest BCUT2D eigenvalue weighted by molar-refractivity contribution is 7.16. The maximum Gasteiger partial charge on any atom is 0.341 e. The number of carbonyl (C=O) groups excluding carboxylic acids is 3. The summed E-state index contributed by atoms with van der Waals surface area (Å²) in [5.74, 6) is -0.830. The molecule has 3 heterocycles. The van der Waals surface area contributed by atoms with Crippen LogP contribution in [0.1, 0.15) is 57.1 Å². The van der Waals surface area contributed by atoms with Gasteiger partial charge in [0.25, 0.3) is 5.91 Å². The summed E-state index contributed by atoms with van der Waals surface area (Å²) in [5.41, 5.74) is 3.76. The van der Waals surface area contributed by atoms with E-state index in [9.17, 15) is 14.4 Å². The summed E-state index contributed by atoms with van der Waals surface area (Å²) < 4.78 is 10.9. The Labute approximate surface area is 201 Å². The summed E-state index contributed by atoms with van der Waals surface area (Å²) in [6, 6.07) is 11.0. The second kappa shape index (κ2) is 9.64. The predicted octanol–water partition coefficient (Wildman–Crippen LogP) is 4.76. The van der Waals surface area contributed by atoms with Gasteiger partial charge < -0.3 is 14.5 Å². The Hall–Kier alpha value is -3.72. The number of esters is 1. The molecule has 0 aliphatic carbocycles. The van der Waals surface area contributed by atoms with Crippen molar-refractivity contribution >= 4 is 39.8 Å². The van der Waals surface area contributed by atoms with Crippen LogP contribution >= 0.6 is 11.3 Å². The number of thiophene rings is 1. The van der Waals surface area contributed by atoms with Gasteiger partial charge in [-0.3, -0.25) is 9.59 Å². The van der Waals surface area contributed by atoms with Crippen molar-refractivity contribution in [2.45, 2.75) is 40.2 Å². The largest absolute Gasteiger partial charge is 0.467 e. The normalized spacial score (nSPS) is 15.2. The summed E-state index contributed by atoms with van der Waals surface area (Å²) in [7, 11) is 0. The summed E-state index contributed by atoms with van der Waals surface area (Å²) in [6.45, 7) is 6.52. The quantitative estimate of drug-likeness (QED) is 0.514. The molecule has 2 amide bonds. The number of hydrazone groups is 1. The van der Waals surface area contributed by atoms with Crippen LogP contribution in [0.4, 0.5) is 5.00 Å². The SMILES string of the molecule is CC(=O)Nc1sc(C)c(C)c1C(=O)OCC(=O)N1N=C(c2ccc(C)cc2)CC1c1ccco1. The number of aryl methyl sites for hydroxylation is 2.